The number of hydrogen-bond donors (Lipinski definition) is 2. The van der Waals surface area contributed by atoms with Gasteiger partial charge in [-0.2, -0.15) is 18.4 Å². The summed E-state index contributed by atoms with van der Waals surface area (Å²) < 4.78 is 47.2. The molecule has 0 aliphatic heterocycles. The smallest absolute Gasteiger partial charge is 0.442 e. The van der Waals surface area contributed by atoms with Crippen LogP contribution in [-0.2, 0) is 22.4 Å². The third-order valence-electron chi connectivity index (χ3n) is 4.54. The Balaban J connectivity index is 2.59. The third-order valence-corrected chi connectivity index (χ3v) is 5.75. The van der Waals surface area contributed by atoms with Gasteiger partial charge in [0.05, 0.1) is 12.2 Å². The highest BCUT2D eigenvalue weighted by Gasteiger charge is 2.64. The summed E-state index contributed by atoms with van der Waals surface area (Å²) in [6, 6.07) is 0.819. The summed E-state index contributed by atoms with van der Waals surface area (Å²) in [5.41, 5.74) is -2.75. The van der Waals surface area contributed by atoms with Crippen LogP contribution in [-0.4, -0.2) is 49.4 Å². The van der Waals surface area contributed by atoms with Crippen LogP contribution in [0, 0.1) is 11.3 Å². The van der Waals surface area contributed by atoms with Crippen molar-refractivity contribution in [1.29, 1.82) is 5.26 Å². The van der Waals surface area contributed by atoms with Crippen molar-refractivity contribution in [3.8, 4) is 6.07 Å². The molecule has 7 nitrogen and oxygen atoms in total. The number of fused-ring (bicyclic) bond motifs is 1. The topological polar surface area (TPSA) is 94.5 Å². The third kappa shape index (κ3) is 4.58. The highest BCUT2D eigenvalue weighted by molar-refractivity contribution is 7.16. The van der Waals surface area contributed by atoms with Crippen molar-refractivity contribution < 1.29 is 27.5 Å². The zero-order valence-corrected chi connectivity index (χ0v) is 17.2. The number of hydrogen-bond acceptors (Lipinski definition) is 6. The first-order valence-electron chi connectivity index (χ1n) is 9.13. The number of carbonyl (C=O) groups excluding carboxylic acids is 2. The molecular weight excluding hydrogens is 409 g/mol. The normalized spacial score (nSPS) is 15.9. The maximum atomic E-state index is 14.2. The molecule has 2 rings (SSSR count). The van der Waals surface area contributed by atoms with Crippen molar-refractivity contribution in [3.63, 3.8) is 0 Å². The molecule has 1 unspecified atom stereocenters. The molecule has 1 aliphatic carbocycles. The Morgan fingerprint density at radius 3 is 2.45 bits per heavy atom. The number of carbonyl (C=O) groups is 2. The zero-order valence-electron chi connectivity index (χ0n) is 16.4. The van der Waals surface area contributed by atoms with Gasteiger partial charge >= 0.3 is 23.8 Å². The van der Waals surface area contributed by atoms with Crippen LogP contribution in [0.4, 0.5) is 23.0 Å². The van der Waals surface area contributed by atoms with Crippen LogP contribution in [0.1, 0.15) is 42.2 Å². The number of esters is 1. The van der Waals surface area contributed by atoms with E-state index in [9.17, 15) is 28.0 Å². The van der Waals surface area contributed by atoms with E-state index < -0.39 is 23.8 Å². The van der Waals surface area contributed by atoms with Crippen LogP contribution in [0.25, 0.3) is 0 Å². The Kier molecular flexibility index (Phi) is 7.00. The Labute approximate surface area is 170 Å². The summed E-state index contributed by atoms with van der Waals surface area (Å²) in [6.07, 6.45) is -1.32. The minimum Gasteiger partial charge on any atom is -0.463 e. The largest absolute Gasteiger partial charge is 0.463 e. The van der Waals surface area contributed by atoms with Crippen LogP contribution in [0.5, 0.6) is 0 Å². The number of anilines is 1. The molecule has 1 atom stereocenters. The van der Waals surface area contributed by atoms with Crippen molar-refractivity contribution in [2.45, 2.75) is 50.9 Å². The fourth-order valence-electron chi connectivity index (χ4n) is 3.02. The number of nitrogens with one attached hydrogen (secondary N) is 2. The van der Waals surface area contributed by atoms with Gasteiger partial charge in [-0.25, -0.2) is 9.59 Å². The number of urea groups is 1. The molecule has 2 amide bonds. The molecule has 1 aromatic heterocycles. The summed E-state index contributed by atoms with van der Waals surface area (Å²) in [6.45, 7) is 1.04. The fourth-order valence-corrected chi connectivity index (χ4v) is 4.32. The van der Waals surface area contributed by atoms with Gasteiger partial charge in [-0.3, -0.25) is 5.32 Å². The predicted octanol–water partition coefficient (Wildman–Crippen LogP) is 3.39. The van der Waals surface area contributed by atoms with Gasteiger partial charge in [0, 0.05) is 19.0 Å². The van der Waals surface area contributed by atoms with Crippen LogP contribution in [0.3, 0.4) is 0 Å². The van der Waals surface area contributed by atoms with E-state index in [1.807, 2.05) is 6.07 Å². The second-order valence-corrected chi connectivity index (χ2v) is 7.90. The van der Waals surface area contributed by atoms with Crippen molar-refractivity contribution >= 4 is 28.3 Å². The Hall–Kier alpha value is -2.48. The lowest BCUT2D eigenvalue weighted by Crippen LogP contribution is -2.70. The number of nitrogens with zero attached hydrogens (tertiary/aromatic N) is 2. The fraction of sp³-hybridized carbons (Fsp3) is 0.611. The van der Waals surface area contributed by atoms with E-state index in [0.29, 0.717) is 18.4 Å². The summed E-state index contributed by atoms with van der Waals surface area (Å²) in [5, 5.41) is 13.3. The number of nitriles is 1. The van der Waals surface area contributed by atoms with E-state index in [-0.39, 0.29) is 17.2 Å². The van der Waals surface area contributed by atoms with Crippen molar-refractivity contribution in [2.75, 3.05) is 26.0 Å². The molecule has 1 heterocycles. The van der Waals surface area contributed by atoms with Gasteiger partial charge in [-0.15, -0.1) is 11.3 Å². The lowest BCUT2D eigenvalue weighted by molar-refractivity contribution is -0.204. The monoisotopic (exact) mass is 432 g/mol. The van der Waals surface area contributed by atoms with Gasteiger partial charge in [0.15, 0.2) is 0 Å². The highest BCUT2D eigenvalue weighted by atomic mass is 32.1. The maximum absolute atomic E-state index is 14.2. The van der Waals surface area contributed by atoms with Crippen LogP contribution >= 0.6 is 11.3 Å². The standard InChI is InChI=1S/C18H23F3N4O3S/c1-4-28-15(26)17(18(19,20)21,24-16(27)25(2)3)23-14-12(10-22)11-8-6-5-7-9-13(11)29-14/h23H,4-9H2,1-3H3,(H,24,27). The van der Waals surface area contributed by atoms with Gasteiger partial charge in [0.1, 0.15) is 11.1 Å². The second kappa shape index (κ2) is 8.90. The molecule has 0 saturated heterocycles. The molecule has 29 heavy (non-hydrogen) atoms. The van der Waals surface area contributed by atoms with Gasteiger partial charge in [0.25, 0.3) is 0 Å². The molecule has 0 bridgehead atoms. The van der Waals surface area contributed by atoms with Crippen LogP contribution in [0.2, 0.25) is 0 Å². The predicted molar refractivity (Wildman–Crippen MR) is 102 cm³/mol. The van der Waals surface area contributed by atoms with Crippen molar-refractivity contribution in [1.82, 2.24) is 10.2 Å². The SMILES string of the molecule is CCOC(=O)C(NC(=O)N(C)C)(Nc1sc2c(c1C#N)CCCCC2)C(F)(F)F. The van der Waals surface area contributed by atoms with E-state index in [0.717, 1.165) is 40.4 Å². The summed E-state index contributed by atoms with van der Waals surface area (Å²) in [7, 11) is 2.49. The molecule has 11 heteroatoms. The Bertz CT molecular complexity index is 816. The number of ether oxygens (including phenoxy) is 1. The lowest BCUT2D eigenvalue weighted by Gasteiger charge is -2.35. The van der Waals surface area contributed by atoms with E-state index in [1.165, 1.54) is 21.0 Å². The Morgan fingerprint density at radius 2 is 1.90 bits per heavy atom. The van der Waals surface area contributed by atoms with E-state index in [1.54, 1.807) is 5.32 Å². The molecule has 0 spiro atoms. The Morgan fingerprint density at radius 1 is 1.24 bits per heavy atom. The molecule has 2 N–H and O–H groups in total. The van der Waals surface area contributed by atoms with E-state index in [4.69, 9.17) is 0 Å². The molecule has 0 aromatic carbocycles. The minimum absolute atomic E-state index is 0.0731. The first-order chi connectivity index (χ1) is 13.6. The second-order valence-electron chi connectivity index (χ2n) is 6.80. The molecule has 0 fully saturated rings. The maximum Gasteiger partial charge on any atom is 0.442 e. The number of rotatable bonds is 5. The van der Waals surface area contributed by atoms with Gasteiger partial charge in [-0.1, -0.05) is 6.42 Å². The number of alkyl halides is 3. The average molecular weight is 432 g/mol. The zero-order chi connectivity index (χ0) is 21.8. The quantitative estimate of drug-likeness (QED) is 0.423. The first kappa shape index (κ1) is 22.8. The average Bonchev–Trinajstić information content (AvgIpc) is 2.79. The molecular formula is C18H23F3N4O3S. The summed E-state index contributed by atoms with van der Waals surface area (Å²) >= 11 is 1.01. The number of thiophene rings is 1. The number of aryl methyl sites for hydroxylation is 1. The van der Waals surface area contributed by atoms with E-state index in [2.05, 4.69) is 10.1 Å². The molecule has 0 saturated carbocycles. The van der Waals surface area contributed by atoms with Crippen LogP contribution < -0.4 is 10.6 Å². The number of amides is 2. The lowest BCUT2D eigenvalue weighted by atomic mass is 10.1. The molecule has 160 valence electrons. The number of halogens is 3. The van der Waals surface area contributed by atoms with Gasteiger partial charge < -0.3 is 15.0 Å². The molecule has 1 aliphatic rings. The summed E-state index contributed by atoms with van der Waals surface area (Å²) in [4.78, 5) is 26.3. The van der Waals surface area contributed by atoms with E-state index >= 15 is 0 Å². The van der Waals surface area contributed by atoms with Gasteiger partial charge in [-0.05, 0) is 38.2 Å². The van der Waals surface area contributed by atoms with Gasteiger partial charge in [0.2, 0.25) is 0 Å². The molecule has 0 radical (unpaired) electrons. The van der Waals surface area contributed by atoms with Crippen molar-refractivity contribution in [3.05, 3.63) is 16.0 Å². The van der Waals surface area contributed by atoms with Crippen molar-refractivity contribution in [2.24, 2.45) is 0 Å². The highest BCUT2D eigenvalue weighted by Crippen LogP contribution is 2.41. The van der Waals surface area contributed by atoms with Crippen LogP contribution in [0.15, 0.2) is 0 Å². The minimum atomic E-state index is -5.24. The summed E-state index contributed by atoms with van der Waals surface area (Å²) in [5.74, 6) is -1.70. The molecule has 1 aromatic rings. The first-order valence-corrected chi connectivity index (χ1v) is 9.95.